The summed E-state index contributed by atoms with van der Waals surface area (Å²) in [5, 5.41) is 0. The summed E-state index contributed by atoms with van der Waals surface area (Å²) in [7, 11) is 0. The van der Waals surface area contributed by atoms with Gasteiger partial charge in [0, 0.05) is 6.42 Å². The number of allylic oxidation sites excluding steroid dienone is 8. The molecule has 0 spiro atoms. The van der Waals surface area contributed by atoms with E-state index < -0.39 is 0 Å². The van der Waals surface area contributed by atoms with Crippen molar-refractivity contribution in [2.24, 2.45) is 0 Å². The molecule has 0 aromatic heterocycles. The molecule has 0 aliphatic rings. The zero-order chi connectivity index (χ0) is 19.1. The van der Waals surface area contributed by atoms with Crippen LogP contribution in [0.1, 0.15) is 99.3 Å². The molecule has 0 saturated carbocycles. The number of carbonyl (C=O) groups excluding carboxylic acids is 1. The van der Waals surface area contributed by atoms with Crippen LogP contribution in [0.3, 0.4) is 0 Å². The van der Waals surface area contributed by atoms with Crippen LogP contribution in [-0.4, -0.2) is 5.78 Å². The number of rotatable bonds is 13. The highest BCUT2D eigenvalue weighted by Gasteiger charge is 1.97. The first kappa shape index (κ1) is 23.6. The molecule has 0 aliphatic heterocycles. The molecular weight excluding hydrogens is 304 g/mol. The quantitative estimate of drug-likeness (QED) is 0.310. The van der Waals surface area contributed by atoms with Crippen molar-refractivity contribution in [1.29, 1.82) is 0 Å². The Labute approximate surface area is 157 Å². The van der Waals surface area contributed by atoms with E-state index in [0.29, 0.717) is 6.42 Å². The smallest absolute Gasteiger partial charge is 0.130 e. The van der Waals surface area contributed by atoms with Gasteiger partial charge in [0.25, 0.3) is 0 Å². The Morgan fingerprint density at radius 3 is 1.60 bits per heavy atom. The largest absolute Gasteiger partial charge is 0.300 e. The van der Waals surface area contributed by atoms with E-state index in [2.05, 4.69) is 58.9 Å². The van der Waals surface area contributed by atoms with Gasteiger partial charge in [0.05, 0.1) is 0 Å². The lowest BCUT2D eigenvalue weighted by Crippen LogP contribution is -1.89. The molecule has 0 rings (SSSR count). The van der Waals surface area contributed by atoms with E-state index in [9.17, 15) is 4.79 Å². The Morgan fingerprint density at radius 2 is 1.12 bits per heavy atom. The van der Waals surface area contributed by atoms with Gasteiger partial charge in [-0.2, -0.15) is 0 Å². The Balaban J connectivity index is 4.11. The lowest BCUT2D eigenvalue weighted by Gasteiger charge is -2.04. The predicted octanol–water partition coefficient (Wildman–Crippen LogP) is 7.89. The normalized spacial score (nSPS) is 13.1. The zero-order valence-electron chi connectivity index (χ0n) is 17.6. The van der Waals surface area contributed by atoms with E-state index in [1.807, 2.05) is 0 Å². The topological polar surface area (TPSA) is 17.1 Å². The monoisotopic (exact) mass is 344 g/mol. The summed E-state index contributed by atoms with van der Waals surface area (Å²) in [6.07, 6.45) is 18.9. The number of hydrogen-bond donors (Lipinski definition) is 0. The van der Waals surface area contributed by atoms with Crippen molar-refractivity contribution in [3.05, 3.63) is 46.6 Å². The van der Waals surface area contributed by atoms with Crippen LogP contribution < -0.4 is 0 Å². The second-order valence-corrected chi connectivity index (χ2v) is 7.46. The van der Waals surface area contributed by atoms with Gasteiger partial charge in [-0.1, -0.05) is 53.5 Å². The lowest BCUT2D eigenvalue weighted by molar-refractivity contribution is -0.116. The van der Waals surface area contributed by atoms with Crippen LogP contribution in [0.5, 0.6) is 0 Å². The average molecular weight is 345 g/mol. The molecule has 0 atom stereocenters. The first-order valence-corrected chi connectivity index (χ1v) is 9.97. The van der Waals surface area contributed by atoms with Gasteiger partial charge < -0.3 is 4.79 Å². The van der Waals surface area contributed by atoms with E-state index in [4.69, 9.17) is 0 Å². The molecule has 0 saturated heterocycles. The maximum atomic E-state index is 11.0. The zero-order valence-corrected chi connectivity index (χ0v) is 17.6. The van der Waals surface area contributed by atoms with Crippen molar-refractivity contribution in [3.63, 3.8) is 0 Å². The van der Waals surface area contributed by atoms with Crippen LogP contribution in [0.2, 0.25) is 0 Å². The number of hydrogen-bond acceptors (Lipinski definition) is 1. The second-order valence-electron chi connectivity index (χ2n) is 7.46. The van der Waals surface area contributed by atoms with Crippen molar-refractivity contribution in [2.75, 3.05) is 0 Å². The molecule has 142 valence electrons. The van der Waals surface area contributed by atoms with E-state index in [0.717, 1.165) is 44.9 Å². The lowest BCUT2D eigenvalue weighted by atomic mass is 10.0. The van der Waals surface area contributed by atoms with Crippen molar-refractivity contribution >= 4 is 5.78 Å². The van der Waals surface area contributed by atoms with Crippen molar-refractivity contribution in [1.82, 2.24) is 0 Å². The highest BCUT2D eigenvalue weighted by Crippen LogP contribution is 2.15. The van der Waals surface area contributed by atoms with Gasteiger partial charge >= 0.3 is 0 Å². The van der Waals surface area contributed by atoms with Crippen LogP contribution >= 0.6 is 0 Å². The van der Waals surface area contributed by atoms with Crippen molar-refractivity contribution in [3.8, 4) is 0 Å². The van der Waals surface area contributed by atoms with E-state index in [1.54, 1.807) is 6.92 Å². The number of ketones is 1. The van der Waals surface area contributed by atoms with Crippen LogP contribution in [0.15, 0.2) is 46.6 Å². The molecule has 25 heavy (non-hydrogen) atoms. The maximum Gasteiger partial charge on any atom is 0.130 e. The van der Waals surface area contributed by atoms with Gasteiger partial charge in [0.1, 0.15) is 5.78 Å². The fourth-order valence-electron chi connectivity index (χ4n) is 2.75. The summed E-state index contributed by atoms with van der Waals surface area (Å²) in [4.78, 5) is 11.0. The molecule has 0 aromatic carbocycles. The molecule has 0 radical (unpaired) electrons. The molecule has 0 aliphatic carbocycles. The first-order chi connectivity index (χ1) is 11.8. The molecule has 0 aromatic rings. The van der Waals surface area contributed by atoms with Crippen molar-refractivity contribution in [2.45, 2.75) is 99.3 Å². The standard InChI is InChI=1S/C24H40O/c1-7-24(19-11-17-23(6)25)18-10-16-22(5)15-9-14-21(4)13-8-12-20(2)3/h12,14,16,19H,7-11,13,15,17-18H2,1-6H3/b21-14+,22-16+,24-19?. The third kappa shape index (κ3) is 15.9. The van der Waals surface area contributed by atoms with Gasteiger partial charge in [-0.05, 0) is 86.0 Å². The van der Waals surface area contributed by atoms with Gasteiger partial charge in [0.2, 0.25) is 0 Å². The SMILES string of the molecule is CCC(=CCCC(C)=O)CC/C=C(\C)CC/C=C(\C)CCC=C(C)C. The molecule has 0 bridgehead atoms. The predicted molar refractivity (Wildman–Crippen MR) is 113 cm³/mol. The molecule has 0 heterocycles. The van der Waals surface area contributed by atoms with Gasteiger partial charge in [-0.25, -0.2) is 0 Å². The van der Waals surface area contributed by atoms with Gasteiger partial charge in [-0.3, -0.25) is 0 Å². The molecular formula is C24H40O. The van der Waals surface area contributed by atoms with Gasteiger partial charge in [0.15, 0.2) is 0 Å². The first-order valence-electron chi connectivity index (χ1n) is 9.97. The van der Waals surface area contributed by atoms with Crippen LogP contribution in [-0.2, 0) is 4.79 Å². The fraction of sp³-hybridized carbons (Fsp3) is 0.625. The van der Waals surface area contributed by atoms with Gasteiger partial charge in [-0.15, -0.1) is 0 Å². The summed E-state index contributed by atoms with van der Waals surface area (Å²) < 4.78 is 0. The molecule has 0 fully saturated rings. The Kier molecular flexibility index (Phi) is 14.1. The summed E-state index contributed by atoms with van der Waals surface area (Å²) in [5.74, 6) is 0.284. The minimum Gasteiger partial charge on any atom is -0.300 e. The maximum absolute atomic E-state index is 11.0. The Bertz CT molecular complexity index is 496. The minimum atomic E-state index is 0.284. The second kappa shape index (κ2) is 14.9. The van der Waals surface area contributed by atoms with E-state index in [-0.39, 0.29) is 5.78 Å². The molecule has 1 nitrogen and oxygen atoms in total. The highest BCUT2D eigenvalue weighted by molar-refractivity contribution is 5.75. The third-order valence-electron chi connectivity index (χ3n) is 4.46. The fourth-order valence-corrected chi connectivity index (χ4v) is 2.75. The summed E-state index contributed by atoms with van der Waals surface area (Å²) in [6, 6.07) is 0. The average Bonchev–Trinajstić information content (AvgIpc) is 2.52. The molecule has 0 N–H and O–H groups in total. The molecule has 1 heteroatoms. The molecule has 0 unspecified atom stereocenters. The third-order valence-corrected chi connectivity index (χ3v) is 4.46. The number of carbonyl (C=O) groups is 1. The summed E-state index contributed by atoms with van der Waals surface area (Å²) in [5.41, 5.74) is 5.90. The number of Topliss-reactive ketones (excluding diaryl/α,β-unsaturated/α-hetero) is 1. The van der Waals surface area contributed by atoms with Crippen LogP contribution in [0.4, 0.5) is 0 Å². The Morgan fingerprint density at radius 1 is 0.640 bits per heavy atom. The summed E-state index contributed by atoms with van der Waals surface area (Å²) >= 11 is 0. The van der Waals surface area contributed by atoms with Crippen molar-refractivity contribution < 1.29 is 4.79 Å². The molecule has 0 amide bonds. The van der Waals surface area contributed by atoms with E-state index in [1.165, 1.54) is 28.7 Å². The van der Waals surface area contributed by atoms with Crippen LogP contribution in [0, 0.1) is 0 Å². The highest BCUT2D eigenvalue weighted by atomic mass is 16.1. The Hall–Kier alpha value is -1.37. The van der Waals surface area contributed by atoms with Crippen LogP contribution in [0.25, 0.3) is 0 Å². The summed E-state index contributed by atoms with van der Waals surface area (Å²) in [6.45, 7) is 12.7. The van der Waals surface area contributed by atoms with E-state index >= 15 is 0 Å². The minimum absolute atomic E-state index is 0.284.